The van der Waals surface area contributed by atoms with Gasteiger partial charge in [0.15, 0.2) is 17.3 Å². The lowest BCUT2D eigenvalue weighted by Gasteiger charge is -2.36. The first kappa shape index (κ1) is 25.7. The van der Waals surface area contributed by atoms with E-state index in [4.69, 9.17) is 4.74 Å². The number of hydrogen-bond acceptors (Lipinski definition) is 2. The molecule has 0 aliphatic heterocycles. The quantitative estimate of drug-likeness (QED) is 0.287. The van der Waals surface area contributed by atoms with Crippen LogP contribution in [0.15, 0.2) is 36.4 Å². The molecule has 2 aromatic rings. The maximum absolute atomic E-state index is 14.5. The minimum Gasteiger partial charge on any atom is -0.491 e. The molecule has 2 nitrogen and oxygen atoms in total. The molecule has 0 aromatic heterocycles. The van der Waals surface area contributed by atoms with Crippen molar-refractivity contribution in [2.45, 2.75) is 83.2 Å². The van der Waals surface area contributed by atoms with Crippen LogP contribution in [0.4, 0.5) is 17.6 Å². The SMILES string of the molecule is CCOc1ccc(C(=O)Cc2ccc(C3CCC(C4CCCCC4)CC3)cc2)c(C(F)(F)F)c1F. The monoisotopic (exact) mass is 490 g/mol. The third-order valence-corrected chi connectivity index (χ3v) is 7.89. The van der Waals surface area contributed by atoms with Crippen molar-refractivity contribution in [1.29, 1.82) is 0 Å². The van der Waals surface area contributed by atoms with Gasteiger partial charge in [-0.3, -0.25) is 4.79 Å². The summed E-state index contributed by atoms with van der Waals surface area (Å²) in [5, 5.41) is 0. The lowest BCUT2D eigenvalue weighted by molar-refractivity contribution is -0.140. The van der Waals surface area contributed by atoms with Crippen molar-refractivity contribution in [2.75, 3.05) is 6.61 Å². The van der Waals surface area contributed by atoms with Gasteiger partial charge in [0.2, 0.25) is 0 Å². The van der Waals surface area contributed by atoms with E-state index in [1.165, 1.54) is 63.4 Å². The highest BCUT2D eigenvalue weighted by Crippen LogP contribution is 2.43. The molecule has 0 amide bonds. The van der Waals surface area contributed by atoms with Gasteiger partial charge in [0, 0.05) is 12.0 Å². The van der Waals surface area contributed by atoms with Crippen molar-refractivity contribution in [1.82, 2.24) is 0 Å². The summed E-state index contributed by atoms with van der Waals surface area (Å²) in [6, 6.07) is 9.74. The van der Waals surface area contributed by atoms with Crippen LogP contribution in [0.25, 0.3) is 0 Å². The fourth-order valence-corrected chi connectivity index (χ4v) is 6.05. The number of ether oxygens (including phenoxy) is 1. The molecule has 0 unspecified atom stereocenters. The second-order valence-corrected chi connectivity index (χ2v) is 10.1. The Balaban J connectivity index is 1.41. The number of hydrogen-bond donors (Lipinski definition) is 0. The number of ketones is 1. The second kappa shape index (κ2) is 11.1. The van der Waals surface area contributed by atoms with Crippen LogP contribution in [0, 0.1) is 17.7 Å². The largest absolute Gasteiger partial charge is 0.491 e. The Morgan fingerprint density at radius 3 is 2.11 bits per heavy atom. The summed E-state index contributed by atoms with van der Waals surface area (Å²) in [5.74, 6) is -0.562. The molecule has 0 atom stereocenters. The predicted octanol–water partition coefficient (Wildman–Crippen LogP) is 8.52. The molecule has 4 rings (SSSR count). The van der Waals surface area contributed by atoms with Crippen molar-refractivity contribution in [3.05, 3.63) is 64.5 Å². The molecule has 2 aliphatic rings. The molecular formula is C29H34F4O2. The van der Waals surface area contributed by atoms with E-state index < -0.39 is 34.7 Å². The first-order valence-corrected chi connectivity index (χ1v) is 12.9. The molecule has 0 saturated heterocycles. The summed E-state index contributed by atoms with van der Waals surface area (Å²) in [4.78, 5) is 12.8. The maximum atomic E-state index is 14.5. The summed E-state index contributed by atoms with van der Waals surface area (Å²) in [6.07, 6.45) is 6.53. The van der Waals surface area contributed by atoms with Crippen LogP contribution in [0.2, 0.25) is 0 Å². The van der Waals surface area contributed by atoms with E-state index >= 15 is 0 Å². The Morgan fingerprint density at radius 1 is 0.886 bits per heavy atom. The van der Waals surface area contributed by atoms with Crippen LogP contribution < -0.4 is 4.74 Å². The van der Waals surface area contributed by atoms with Crippen LogP contribution in [-0.2, 0) is 12.6 Å². The van der Waals surface area contributed by atoms with Crippen LogP contribution in [-0.4, -0.2) is 12.4 Å². The van der Waals surface area contributed by atoms with Crippen molar-refractivity contribution >= 4 is 5.78 Å². The molecule has 0 N–H and O–H groups in total. The van der Waals surface area contributed by atoms with Gasteiger partial charge in [-0.15, -0.1) is 0 Å². The fourth-order valence-electron chi connectivity index (χ4n) is 6.05. The average Bonchev–Trinajstić information content (AvgIpc) is 2.85. The van der Waals surface area contributed by atoms with Crippen molar-refractivity contribution in [3.8, 4) is 5.75 Å². The smallest absolute Gasteiger partial charge is 0.420 e. The first-order valence-electron chi connectivity index (χ1n) is 12.9. The Hall–Kier alpha value is -2.37. The predicted molar refractivity (Wildman–Crippen MR) is 128 cm³/mol. The van der Waals surface area contributed by atoms with Crippen molar-refractivity contribution < 1.29 is 27.1 Å². The minimum atomic E-state index is -5.00. The number of carbonyl (C=O) groups is 1. The third-order valence-electron chi connectivity index (χ3n) is 7.89. The third kappa shape index (κ3) is 6.07. The normalized spacial score (nSPS) is 21.6. The number of Topliss-reactive ketones (excluding diaryl/α,β-unsaturated/α-hetero) is 1. The van der Waals surface area contributed by atoms with Crippen LogP contribution in [0.3, 0.4) is 0 Å². The molecule has 0 radical (unpaired) electrons. The second-order valence-electron chi connectivity index (χ2n) is 10.1. The lowest BCUT2D eigenvalue weighted by Crippen LogP contribution is -2.23. The topological polar surface area (TPSA) is 26.3 Å². The number of halogens is 4. The molecule has 2 fully saturated rings. The lowest BCUT2D eigenvalue weighted by atomic mass is 9.70. The van der Waals surface area contributed by atoms with Crippen molar-refractivity contribution in [2.24, 2.45) is 11.8 Å². The van der Waals surface area contributed by atoms with Gasteiger partial charge in [0.1, 0.15) is 5.56 Å². The van der Waals surface area contributed by atoms with E-state index in [-0.39, 0.29) is 13.0 Å². The number of benzene rings is 2. The zero-order valence-electron chi connectivity index (χ0n) is 20.3. The Bertz CT molecular complexity index is 999. The van der Waals surface area contributed by atoms with E-state index in [0.717, 1.165) is 24.0 Å². The molecule has 190 valence electrons. The molecule has 2 saturated carbocycles. The van der Waals surface area contributed by atoms with Gasteiger partial charge in [0.05, 0.1) is 6.61 Å². The highest BCUT2D eigenvalue weighted by molar-refractivity contribution is 5.99. The highest BCUT2D eigenvalue weighted by Gasteiger charge is 2.40. The first-order chi connectivity index (χ1) is 16.8. The number of alkyl halides is 3. The standard InChI is InChI=1S/C29H34F4O2/c1-2-35-26-17-16-24(27(28(26)30)29(31,32)33)25(34)18-19-8-10-21(11-9-19)23-14-12-22(13-15-23)20-6-4-3-5-7-20/h8-11,16-17,20,22-23H,2-7,12-15,18H2,1H3. The summed E-state index contributed by atoms with van der Waals surface area (Å²) >= 11 is 0. The van der Waals surface area contributed by atoms with Gasteiger partial charge in [-0.05, 0) is 73.6 Å². The Kier molecular flexibility index (Phi) is 8.18. The molecule has 35 heavy (non-hydrogen) atoms. The van der Waals surface area contributed by atoms with Crippen LogP contribution in [0.1, 0.15) is 97.7 Å². The zero-order valence-corrected chi connectivity index (χ0v) is 20.3. The van der Waals surface area contributed by atoms with Gasteiger partial charge in [-0.25, -0.2) is 4.39 Å². The molecule has 0 spiro atoms. The van der Waals surface area contributed by atoms with E-state index in [1.807, 2.05) is 24.3 Å². The van der Waals surface area contributed by atoms with Crippen LogP contribution >= 0.6 is 0 Å². The fraction of sp³-hybridized carbons (Fsp3) is 0.552. The molecule has 6 heteroatoms. The van der Waals surface area contributed by atoms with Gasteiger partial charge >= 0.3 is 6.18 Å². The van der Waals surface area contributed by atoms with Crippen LogP contribution in [0.5, 0.6) is 5.75 Å². The Morgan fingerprint density at radius 2 is 1.51 bits per heavy atom. The zero-order chi connectivity index (χ0) is 25.0. The highest BCUT2D eigenvalue weighted by atomic mass is 19.4. The van der Waals surface area contributed by atoms with E-state index in [2.05, 4.69) is 0 Å². The molecule has 0 heterocycles. The van der Waals surface area contributed by atoms with Gasteiger partial charge in [-0.2, -0.15) is 13.2 Å². The van der Waals surface area contributed by atoms with Gasteiger partial charge in [0.25, 0.3) is 0 Å². The molecular weight excluding hydrogens is 456 g/mol. The van der Waals surface area contributed by atoms with E-state index in [0.29, 0.717) is 11.5 Å². The summed E-state index contributed by atoms with van der Waals surface area (Å²) in [7, 11) is 0. The molecule has 0 bridgehead atoms. The van der Waals surface area contributed by atoms with E-state index in [9.17, 15) is 22.4 Å². The summed E-state index contributed by atoms with van der Waals surface area (Å²) in [5.41, 5.74) is -0.369. The summed E-state index contributed by atoms with van der Waals surface area (Å²) < 4.78 is 60.2. The van der Waals surface area contributed by atoms with Gasteiger partial charge < -0.3 is 4.74 Å². The van der Waals surface area contributed by atoms with Crippen molar-refractivity contribution in [3.63, 3.8) is 0 Å². The Labute approximate surface area is 205 Å². The average molecular weight is 491 g/mol. The maximum Gasteiger partial charge on any atom is 0.420 e. The molecule has 2 aliphatic carbocycles. The molecule has 2 aromatic carbocycles. The number of carbonyl (C=O) groups excluding carboxylic acids is 1. The minimum absolute atomic E-state index is 0.0239. The number of rotatable bonds is 7. The van der Waals surface area contributed by atoms with E-state index in [1.54, 1.807) is 6.92 Å². The van der Waals surface area contributed by atoms with Gasteiger partial charge in [-0.1, -0.05) is 56.4 Å². The summed E-state index contributed by atoms with van der Waals surface area (Å²) in [6.45, 7) is 1.58.